The van der Waals surface area contributed by atoms with Gasteiger partial charge in [0.15, 0.2) is 5.16 Å². The number of H-pyrrole nitrogens is 1. The maximum Gasteiger partial charge on any atom is 0.249 e. The van der Waals surface area contributed by atoms with Gasteiger partial charge in [0.05, 0.1) is 34.5 Å². The van der Waals surface area contributed by atoms with Crippen LogP contribution < -0.4 is 4.74 Å². The maximum absolute atomic E-state index is 6.15. The van der Waals surface area contributed by atoms with Gasteiger partial charge in [-0.25, -0.2) is 4.98 Å². The Hall–Kier alpha value is -2.51. The van der Waals surface area contributed by atoms with E-state index in [1.54, 1.807) is 13.2 Å². The minimum atomic E-state index is 0.413. The first-order valence-electron chi connectivity index (χ1n) is 7.47. The molecule has 0 aliphatic carbocycles. The molecular formula is C17H13ClN4O2S. The Balaban J connectivity index is 1.49. The summed E-state index contributed by atoms with van der Waals surface area (Å²) in [5.41, 5.74) is 2.53. The van der Waals surface area contributed by atoms with Crippen LogP contribution in [0.5, 0.6) is 5.75 Å². The Labute approximate surface area is 152 Å². The number of hydrogen-bond acceptors (Lipinski definition) is 6. The van der Waals surface area contributed by atoms with Crippen LogP contribution in [0.3, 0.4) is 0 Å². The molecule has 0 saturated carbocycles. The Kier molecular flexibility index (Phi) is 4.33. The zero-order valence-electron chi connectivity index (χ0n) is 13.2. The van der Waals surface area contributed by atoms with Crippen LogP contribution in [-0.2, 0) is 5.75 Å². The molecule has 0 aliphatic heterocycles. The molecule has 0 atom stereocenters. The van der Waals surface area contributed by atoms with Crippen LogP contribution in [0.1, 0.15) is 5.89 Å². The molecule has 2 heterocycles. The fraction of sp³-hybridized carbons (Fsp3) is 0.118. The predicted octanol–water partition coefficient (Wildman–Crippen LogP) is 4.57. The molecule has 1 N–H and O–H groups in total. The summed E-state index contributed by atoms with van der Waals surface area (Å²) in [7, 11) is 1.64. The number of ether oxygens (including phenoxy) is 1. The van der Waals surface area contributed by atoms with Crippen molar-refractivity contribution >= 4 is 34.4 Å². The lowest BCUT2D eigenvalue weighted by atomic mass is 10.2. The van der Waals surface area contributed by atoms with Crippen molar-refractivity contribution in [1.82, 2.24) is 20.2 Å². The van der Waals surface area contributed by atoms with Crippen molar-refractivity contribution < 1.29 is 9.15 Å². The Morgan fingerprint density at radius 2 is 2.08 bits per heavy atom. The first-order chi connectivity index (χ1) is 12.2. The van der Waals surface area contributed by atoms with E-state index >= 15 is 0 Å². The van der Waals surface area contributed by atoms with Gasteiger partial charge in [0.25, 0.3) is 0 Å². The Bertz CT molecular complexity index is 1030. The molecule has 8 heteroatoms. The SMILES string of the molecule is COc1ccc2nc(SCc3nnc(-c4ccccc4Cl)o3)[nH]c2c1. The first kappa shape index (κ1) is 16.0. The van der Waals surface area contributed by atoms with Gasteiger partial charge < -0.3 is 14.1 Å². The van der Waals surface area contributed by atoms with Gasteiger partial charge in [-0.2, -0.15) is 0 Å². The fourth-order valence-corrected chi connectivity index (χ4v) is 3.28. The summed E-state index contributed by atoms with van der Waals surface area (Å²) in [5, 5.41) is 9.49. The van der Waals surface area contributed by atoms with E-state index in [9.17, 15) is 0 Å². The quantitative estimate of drug-likeness (QED) is 0.517. The number of rotatable bonds is 5. The van der Waals surface area contributed by atoms with Crippen LogP contribution in [0.4, 0.5) is 0 Å². The van der Waals surface area contributed by atoms with Gasteiger partial charge in [0, 0.05) is 6.07 Å². The number of fused-ring (bicyclic) bond motifs is 1. The van der Waals surface area contributed by atoms with Gasteiger partial charge in [-0.05, 0) is 24.3 Å². The molecular weight excluding hydrogens is 360 g/mol. The number of methoxy groups -OCH3 is 1. The lowest BCUT2D eigenvalue weighted by Gasteiger charge is -1.97. The standard InChI is InChI=1S/C17H13ClN4O2S/c1-23-10-6-7-13-14(8-10)20-17(19-13)25-9-15-21-22-16(24-15)11-4-2-3-5-12(11)18/h2-8H,9H2,1H3,(H,19,20). The molecule has 0 fully saturated rings. The van der Waals surface area contributed by atoms with Gasteiger partial charge in [0.2, 0.25) is 11.8 Å². The first-order valence-corrected chi connectivity index (χ1v) is 8.83. The number of imidazole rings is 1. The van der Waals surface area contributed by atoms with E-state index in [2.05, 4.69) is 20.2 Å². The van der Waals surface area contributed by atoms with Gasteiger partial charge in [-0.1, -0.05) is 35.5 Å². The van der Waals surface area contributed by atoms with Crippen molar-refractivity contribution in [3.05, 3.63) is 53.4 Å². The van der Waals surface area contributed by atoms with Crippen LogP contribution in [0, 0.1) is 0 Å². The minimum Gasteiger partial charge on any atom is -0.497 e. The van der Waals surface area contributed by atoms with Crippen LogP contribution in [0.25, 0.3) is 22.5 Å². The second kappa shape index (κ2) is 6.78. The normalized spacial score (nSPS) is 11.1. The summed E-state index contributed by atoms with van der Waals surface area (Å²) in [6.45, 7) is 0. The number of thioether (sulfide) groups is 1. The lowest BCUT2D eigenvalue weighted by molar-refractivity contribution is 0.415. The highest BCUT2D eigenvalue weighted by molar-refractivity contribution is 7.98. The van der Waals surface area contributed by atoms with Gasteiger partial charge >= 0.3 is 0 Å². The zero-order valence-corrected chi connectivity index (χ0v) is 14.8. The number of hydrogen-bond donors (Lipinski definition) is 1. The smallest absolute Gasteiger partial charge is 0.249 e. The fourth-order valence-electron chi connectivity index (χ4n) is 2.35. The number of benzene rings is 2. The third-order valence-electron chi connectivity index (χ3n) is 3.57. The number of nitrogens with one attached hydrogen (secondary N) is 1. The summed E-state index contributed by atoms with van der Waals surface area (Å²) in [5.74, 6) is 2.22. The van der Waals surface area contributed by atoms with Crippen molar-refractivity contribution in [2.45, 2.75) is 10.9 Å². The molecule has 126 valence electrons. The number of aromatic amines is 1. The van der Waals surface area contributed by atoms with Crippen molar-refractivity contribution in [3.8, 4) is 17.2 Å². The number of aromatic nitrogens is 4. The van der Waals surface area contributed by atoms with Crippen LogP contribution >= 0.6 is 23.4 Å². The van der Waals surface area contributed by atoms with Gasteiger partial charge in [-0.3, -0.25) is 0 Å². The van der Waals surface area contributed by atoms with Crippen molar-refractivity contribution in [2.75, 3.05) is 7.11 Å². The van der Waals surface area contributed by atoms with E-state index in [1.165, 1.54) is 11.8 Å². The molecule has 0 aliphatic rings. The molecule has 4 rings (SSSR count). The minimum absolute atomic E-state index is 0.413. The molecule has 25 heavy (non-hydrogen) atoms. The van der Waals surface area contributed by atoms with E-state index in [4.69, 9.17) is 20.8 Å². The Morgan fingerprint density at radius 3 is 2.92 bits per heavy atom. The van der Waals surface area contributed by atoms with E-state index in [0.29, 0.717) is 22.6 Å². The van der Waals surface area contributed by atoms with E-state index in [-0.39, 0.29) is 0 Å². The summed E-state index contributed by atoms with van der Waals surface area (Å²) in [6.07, 6.45) is 0. The van der Waals surface area contributed by atoms with Crippen molar-refractivity contribution in [2.24, 2.45) is 0 Å². The van der Waals surface area contributed by atoms with E-state index in [0.717, 1.165) is 27.5 Å². The largest absolute Gasteiger partial charge is 0.497 e. The summed E-state index contributed by atoms with van der Waals surface area (Å²) < 4.78 is 10.9. The summed E-state index contributed by atoms with van der Waals surface area (Å²) in [6, 6.07) is 13.1. The molecule has 0 bridgehead atoms. The van der Waals surface area contributed by atoms with E-state index in [1.807, 2.05) is 36.4 Å². The molecule has 6 nitrogen and oxygen atoms in total. The van der Waals surface area contributed by atoms with Crippen molar-refractivity contribution in [1.29, 1.82) is 0 Å². The third-order valence-corrected chi connectivity index (χ3v) is 4.76. The maximum atomic E-state index is 6.15. The molecule has 0 amide bonds. The number of halogens is 1. The number of nitrogens with zero attached hydrogens (tertiary/aromatic N) is 3. The van der Waals surface area contributed by atoms with E-state index < -0.39 is 0 Å². The van der Waals surface area contributed by atoms with Crippen LogP contribution in [0.2, 0.25) is 5.02 Å². The van der Waals surface area contributed by atoms with Gasteiger partial charge in [0.1, 0.15) is 5.75 Å². The lowest BCUT2D eigenvalue weighted by Crippen LogP contribution is -1.81. The molecule has 0 saturated heterocycles. The second-order valence-electron chi connectivity index (χ2n) is 5.19. The molecule has 2 aromatic carbocycles. The van der Waals surface area contributed by atoms with Crippen molar-refractivity contribution in [3.63, 3.8) is 0 Å². The van der Waals surface area contributed by atoms with Crippen LogP contribution in [-0.4, -0.2) is 27.3 Å². The van der Waals surface area contributed by atoms with Gasteiger partial charge in [-0.15, -0.1) is 10.2 Å². The van der Waals surface area contributed by atoms with Crippen LogP contribution in [0.15, 0.2) is 52.0 Å². The predicted molar refractivity (Wildman–Crippen MR) is 97.0 cm³/mol. The highest BCUT2D eigenvalue weighted by Crippen LogP contribution is 2.29. The third kappa shape index (κ3) is 3.33. The summed E-state index contributed by atoms with van der Waals surface area (Å²) >= 11 is 7.64. The monoisotopic (exact) mass is 372 g/mol. The second-order valence-corrected chi connectivity index (χ2v) is 6.57. The molecule has 2 aromatic heterocycles. The average Bonchev–Trinajstić information content (AvgIpc) is 3.26. The molecule has 0 spiro atoms. The molecule has 0 unspecified atom stereocenters. The summed E-state index contributed by atoms with van der Waals surface area (Å²) in [4.78, 5) is 7.77. The molecule has 4 aromatic rings. The average molecular weight is 373 g/mol. The molecule has 0 radical (unpaired) electrons. The topological polar surface area (TPSA) is 76.8 Å². The zero-order chi connectivity index (χ0) is 17.2. The highest BCUT2D eigenvalue weighted by Gasteiger charge is 2.12. The highest BCUT2D eigenvalue weighted by atomic mass is 35.5. The Morgan fingerprint density at radius 1 is 1.20 bits per heavy atom.